The van der Waals surface area contributed by atoms with E-state index >= 15 is 4.39 Å². The van der Waals surface area contributed by atoms with E-state index in [0.29, 0.717) is 40.9 Å². The molecule has 2 aromatic heterocycles. The Morgan fingerprint density at radius 2 is 1.93 bits per heavy atom. The number of amides is 2. The third-order valence-electron chi connectivity index (χ3n) is 9.59. The third-order valence-corrected chi connectivity index (χ3v) is 9.59. The molecule has 0 radical (unpaired) electrons. The quantitative estimate of drug-likeness (QED) is 0.241. The van der Waals surface area contributed by atoms with E-state index in [9.17, 15) is 24.3 Å². The van der Waals surface area contributed by atoms with Gasteiger partial charge in [0.25, 0.3) is 11.5 Å². The number of pyridine rings is 2. The van der Waals surface area contributed by atoms with Crippen LogP contribution in [0, 0.1) is 18.7 Å². The Balaban J connectivity index is 1.48. The number of ether oxygens (including phenoxy) is 1. The highest BCUT2D eigenvalue weighted by atomic mass is 19.1. The van der Waals surface area contributed by atoms with Gasteiger partial charge in [-0.3, -0.25) is 14.4 Å². The second kappa shape index (κ2) is 10.5. The molecule has 0 fully saturated rings. The van der Waals surface area contributed by atoms with Crippen LogP contribution in [-0.2, 0) is 44.3 Å². The topological polar surface area (TPSA) is 167 Å². The normalized spacial score (nSPS) is 21.3. The number of nitrogens with one attached hydrogen (secondary N) is 2. The van der Waals surface area contributed by atoms with Crippen molar-refractivity contribution in [1.82, 2.24) is 20.2 Å². The lowest BCUT2D eigenvalue weighted by molar-refractivity contribution is -0.414. The zero-order chi connectivity index (χ0) is 31.8. The molecule has 6 rings (SSSR count). The van der Waals surface area contributed by atoms with Crippen molar-refractivity contribution in [3.63, 3.8) is 0 Å². The lowest BCUT2D eigenvalue weighted by atomic mass is 9.81. The average molecular weight is 607 g/mol. The largest absolute Gasteiger partial charge is 0.458 e. The number of benzene rings is 1. The van der Waals surface area contributed by atoms with Gasteiger partial charge in [-0.1, -0.05) is 20.8 Å². The number of hydrogen-bond acceptors (Lipinski definition) is 7. The van der Waals surface area contributed by atoms with Crippen LogP contribution in [0.4, 0.5) is 4.39 Å². The van der Waals surface area contributed by atoms with Gasteiger partial charge in [0.15, 0.2) is 11.6 Å². The van der Waals surface area contributed by atoms with Crippen molar-refractivity contribution in [1.29, 1.82) is 0 Å². The van der Waals surface area contributed by atoms with E-state index in [1.165, 1.54) is 10.6 Å². The molecule has 0 saturated carbocycles. The summed E-state index contributed by atoms with van der Waals surface area (Å²) >= 11 is 0. The van der Waals surface area contributed by atoms with Crippen LogP contribution in [0.15, 0.2) is 16.9 Å². The Morgan fingerprint density at radius 1 is 1.20 bits per heavy atom. The molecule has 1 aromatic carbocycles. The molecular weight excluding hydrogens is 569 g/mol. The number of fused-ring (bicyclic) bond motifs is 5. The monoisotopic (exact) mass is 606 g/mol. The van der Waals surface area contributed by atoms with Gasteiger partial charge in [0.1, 0.15) is 18.5 Å². The zero-order valence-corrected chi connectivity index (χ0v) is 25.5. The molecule has 4 unspecified atom stereocenters. The Morgan fingerprint density at radius 3 is 2.61 bits per heavy atom. The first-order chi connectivity index (χ1) is 20.8. The second-order valence-electron chi connectivity index (χ2n) is 12.5. The number of rotatable bonds is 6. The fourth-order valence-electron chi connectivity index (χ4n) is 6.68. The second-order valence-corrected chi connectivity index (χ2v) is 12.5. The predicted octanol–water partition coefficient (Wildman–Crippen LogP) is 1.40. The maximum Gasteiger partial charge on any atom is 0.343 e. The summed E-state index contributed by atoms with van der Waals surface area (Å²) in [7, 11) is 0. The Kier molecular flexibility index (Phi) is 7.12. The number of nitrogens with zero attached hydrogens (tertiary/aromatic N) is 2. The lowest BCUT2D eigenvalue weighted by Gasteiger charge is -2.31. The fourth-order valence-corrected chi connectivity index (χ4v) is 6.68. The lowest BCUT2D eigenvalue weighted by Crippen LogP contribution is -2.70. The highest BCUT2D eigenvalue weighted by Crippen LogP contribution is 2.46. The predicted molar refractivity (Wildman–Crippen MR) is 158 cm³/mol. The summed E-state index contributed by atoms with van der Waals surface area (Å²) in [6.07, 6.45) is 0.976. The summed E-state index contributed by atoms with van der Waals surface area (Å²) in [4.78, 5) is 57.2. The van der Waals surface area contributed by atoms with Crippen LogP contribution in [0.2, 0.25) is 0 Å². The Hall–Kier alpha value is -4.16. The smallest absolute Gasteiger partial charge is 0.343 e. The number of esters is 1. The molecule has 4 heterocycles. The SMILES string of the molecule is CCC1(O)C(=O)OCc2c1cc1n(c2=O)Cc2c-1nc1cc(F)c(C)c3c1c2C(NC(=O)C(C)NC(=O)C([NH3+])C(C)C)CC3. The van der Waals surface area contributed by atoms with E-state index in [4.69, 9.17) is 9.72 Å². The number of carbonyl (C=O) groups excluding carboxylic acids is 3. The fraction of sp³-hybridized carbons (Fsp3) is 0.469. The van der Waals surface area contributed by atoms with Crippen LogP contribution in [0.3, 0.4) is 0 Å². The van der Waals surface area contributed by atoms with E-state index < -0.39 is 41.1 Å². The van der Waals surface area contributed by atoms with Crippen LogP contribution in [-0.4, -0.2) is 44.5 Å². The molecule has 2 amide bonds. The van der Waals surface area contributed by atoms with E-state index in [-0.39, 0.29) is 48.4 Å². The molecule has 232 valence electrons. The first kappa shape index (κ1) is 29.9. The van der Waals surface area contributed by atoms with Crippen molar-refractivity contribution >= 4 is 28.7 Å². The van der Waals surface area contributed by atoms with Crippen LogP contribution < -0.4 is 21.9 Å². The van der Waals surface area contributed by atoms with Gasteiger partial charge in [-0.15, -0.1) is 0 Å². The summed E-state index contributed by atoms with van der Waals surface area (Å²) in [5, 5.41) is 17.8. The Labute approximate surface area is 253 Å². The molecule has 2 aliphatic heterocycles. The molecule has 11 nitrogen and oxygen atoms in total. The van der Waals surface area contributed by atoms with Gasteiger partial charge in [-0.05, 0) is 55.9 Å². The number of carbonyl (C=O) groups is 3. The number of aryl methyl sites for hydroxylation is 1. The average Bonchev–Trinajstić information content (AvgIpc) is 3.36. The number of aromatic nitrogens is 2. The van der Waals surface area contributed by atoms with E-state index in [0.717, 1.165) is 16.5 Å². The molecular formula is C32H37FN5O6+. The molecule has 44 heavy (non-hydrogen) atoms. The van der Waals surface area contributed by atoms with Crippen LogP contribution in [0.25, 0.3) is 22.3 Å². The minimum atomic E-state index is -1.98. The van der Waals surface area contributed by atoms with Crippen molar-refractivity contribution in [2.75, 3.05) is 0 Å². The molecule has 3 aromatic rings. The van der Waals surface area contributed by atoms with Crippen molar-refractivity contribution in [3.05, 3.63) is 61.7 Å². The highest BCUT2D eigenvalue weighted by molar-refractivity contribution is 5.94. The van der Waals surface area contributed by atoms with Gasteiger partial charge in [-0.25, -0.2) is 14.2 Å². The number of halogens is 1. The highest BCUT2D eigenvalue weighted by Gasteiger charge is 2.46. The van der Waals surface area contributed by atoms with Gasteiger partial charge < -0.3 is 30.8 Å². The van der Waals surface area contributed by atoms with Gasteiger partial charge in [0.05, 0.1) is 35.1 Å². The van der Waals surface area contributed by atoms with Gasteiger partial charge in [0.2, 0.25) is 5.91 Å². The molecule has 6 N–H and O–H groups in total. The van der Waals surface area contributed by atoms with Crippen LogP contribution >= 0.6 is 0 Å². The molecule has 1 aliphatic carbocycles. The van der Waals surface area contributed by atoms with Crippen molar-refractivity contribution in [2.24, 2.45) is 5.92 Å². The number of hydrogen-bond donors (Lipinski definition) is 4. The van der Waals surface area contributed by atoms with Crippen LogP contribution in [0.1, 0.15) is 80.0 Å². The van der Waals surface area contributed by atoms with E-state index in [2.05, 4.69) is 16.4 Å². The minimum absolute atomic E-state index is 0.00476. The summed E-state index contributed by atoms with van der Waals surface area (Å²) in [6.45, 7) is 8.62. The first-order valence-corrected chi connectivity index (χ1v) is 15.0. The van der Waals surface area contributed by atoms with E-state index in [1.54, 1.807) is 26.8 Å². The van der Waals surface area contributed by atoms with Gasteiger partial charge >= 0.3 is 5.97 Å². The maximum absolute atomic E-state index is 15.1. The molecule has 4 atom stereocenters. The van der Waals surface area contributed by atoms with E-state index in [1.807, 2.05) is 13.8 Å². The maximum atomic E-state index is 15.1. The summed E-state index contributed by atoms with van der Waals surface area (Å²) < 4.78 is 21.9. The van der Waals surface area contributed by atoms with Gasteiger partial charge in [-0.2, -0.15) is 0 Å². The molecule has 12 heteroatoms. The van der Waals surface area contributed by atoms with Gasteiger partial charge in [0, 0.05) is 28.5 Å². The van der Waals surface area contributed by atoms with Crippen molar-refractivity contribution < 1.29 is 34.4 Å². The Bertz CT molecular complexity index is 1830. The summed E-state index contributed by atoms with van der Waals surface area (Å²) in [5.41, 5.74) is 5.87. The van der Waals surface area contributed by atoms with Crippen LogP contribution in [0.5, 0.6) is 0 Å². The molecule has 3 aliphatic rings. The van der Waals surface area contributed by atoms with Crippen molar-refractivity contribution in [2.45, 2.75) is 90.8 Å². The number of cyclic esters (lactones) is 1. The number of quaternary nitrogens is 1. The molecule has 0 bridgehead atoms. The van der Waals surface area contributed by atoms with Crippen molar-refractivity contribution in [3.8, 4) is 11.4 Å². The third kappa shape index (κ3) is 4.34. The number of aliphatic hydroxyl groups is 1. The minimum Gasteiger partial charge on any atom is -0.458 e. The molecule has 0 spiro atoms. The summed E-state index contributed by atoms with van der Waals surface area (Å²) in [5.74, 6) is -1.91. The summed E-state index contributed by atoms with van der Waals surface area (Å²) in [6, 6.07) is 1.13. The standard InChI is InChI=1S/C32H36FN5O6/c1-6-32(43)19-9-23-27-17(11-38(23)30(41)18(19)12-44-31(32)42)25-21(37-28(39)15(5)35-29(40)26(34)13(2)3)8-7-16-14(4)20(33)10-22(36-27)24(16)25/h9-10,13,15,21,26,43H,6-8,11-12,34H2,1-5H3,(H,35,40)(H,37,39)/p+1. The molecule has 0 saturated heterocycles. The zero-order valence-electron chi connectivity index (χ0n) is 25.5. The first-order valence-electron chi connectivity index (χ1n) is 15.0.